The Morgan fingerprint density at radius 2 is 1.71 bits per heavy atom. The molecule has 6 nitrogen and oxygen atoms in total. The molecule has 1 unspecified atom stereocenters. The number of rotatable bonds is 17. The topological polar surface area (TPSA) is 67.9 Å². The van der Waals surface area contributed by atoms with Gasteiger partial charge < -0.3 is 19.7 Å². The minimum absolute atomic E-state index is 0.175. The summed E-state index contributed by atoms with van der Waals surface area (Å²) in [5.41, 5.74) is 0. The number of nitrogens with one attached hydrogen (secondary N) is 1. The third kappa shape index (κ3) is 16.8. The number of alkyl carbamates (subject to hydrolysis) is 1. The van der Waals surface area contributed by atoms with Gasteiger partial charge in [-0.05, 0) is 52.6 Å². The fraction of sp³-hybridized carbons (Fsp3) is 0.818. The second kappa shape index (κ2) is 17.8. The third-order valence-corrected chi connectivity index (χ3v) is 4.61. The summed E-state index contributed by atoms with van der Waals surface area (Å²) in [6.45, 7) is 14.1. The molecule has 2 radical (unpaired) electrons. The van der Waals surface area contributed by atoms with Gasteiger partial charge in [0.2, 0.25) is 0 Å². The zero-order chi connectivity index (χ0) is 21.2. The molecule has 164 valence electrons. The Labute approximate surface area is 172 Å². The molecule has 0 bridgehead atoms. The average Bonchev–Trinajstić information content (AvgIpc) is 2.66. The first-order chi connectivity index (χ1) is 13.4. The Hall–Kier alpha value is -1.30. The van der Waals surface area contributed by atoms with E-state index in [1.165, 1.54) is 25.7 Å². The van der Waals surface area contributed by atoms with Crippen LogP contribution in [-0.4, -0.2) is 56.4 Å². The van der Waals surface area contributed by atoms with Crippen molar-refractivity contribution in [3.05, 3.63) is 13.8 Å². The monoisotopic (exact) mass is 398 g/mol. The number of carbonyl (C=O) groups is 2. The van der Waals surface area contributed by atoms with Gasteiger partial charge in [0.15, 0.2) is 0 Å². The lowest BCUT2D eigenvalue weighted by Gasteiger charge is -2.19. The van der Waals surface area contributed by atoms with Crippen LogP contribution in [0.5, 0.6) is 0 Å². The van der Waals surface area contributed by atoms with E-state index in [0.29, 0.717) is 13.0 Å². The molecule has 0 aliphatic carbocycles. The summed E-state index contributed by atoms with van der Waals surface area (Å²) in [5.74, 6) is -0.468. The maximum atomic E-state index is 12.1. The summed E-state index contributed by atoms with van der Waals surface area (Å²) in [5, 5.41) is 2.79. The van der Waals surface area contributed by atoms with Crippen molar-refractivity contribution in [2.75, 3.05) is 33.3 Å². The summed E-state index contributed by atoms with van der Waals surface area (Å²) in [6.07, 6.45) is 7.87. The van der Waals surface area contributed by atoms with Gasteiger partial charge >= 0.3 is 12.1 Å². The highest BCUT2D eigenvalue weighted by Gasteiger charge is 2.17. The molecule has 0 saturated carbocycles. The third-order valence-electron chi connectivity index (χ3n) is 4.61. The van der Waals surface area contributed by atoms with Crippen molar-refractivity contribution >= 4 is 12.1 Å². The van der Waals surface area contributed by atoms with Crippen LogP contribution in [0.1, 0.15) is 71.6 Å². The number of hydrogen-bond acceptors (Lipinski definition) is 5. The average molecular weight is 399 g/mol. The highest BCUT2D eigenvalue weighted by atomic mass is 16.6. The van der Waals surface area contributed by atoms with Crippen molar-refractivity contribution < 1.29 is 19.1 Å². The lowest BCUT2D eigenvalue weighted by molar-refractivity contribution is -0.144. The van der Waals surface area contributed by atoms with Gasteiger partial charge in [-0.3, -0.25) is 4.79 Å². The van der Waals surface area contributed by atoms with Crippen LogP contribution in [0.25, 0.3) is 0 Å². The molecular weight excluding hydrogens is 356 g/mol. The van der Waals surface area contributed by atoms with E-state index in [4.69, 9.17) is 9.47 Å². The van der Waals surface area contributed by atoms with Crippen LogP contribution in [-0.2, 0) is 14.3 Å². The van der Waals surface area contributed by atoms with Crippen molar-refractivity contribution in [1.82, 2.24) is 10.2 Å². The van der Waals surface area contributed by atoms with Crippen molar-refractivity contribution in [3.63, 3.8) is 0 Å². The van der Waals surface area contributed by atoms with Gasteiger partial charge in [0.1, 0.15) is 6.10 Å². The summed E-state index contributed by atoms with van der Waals surface area (Å²) in [4.78, 5) is 26.0. The molecule has 28 heavy (non-hydrogen) atoms. The maximum absolute atomic E-state index is 12.1. The van der Waals surface area contributed by atoms with E-state index in [1.54, 1.807) is 0 Å². The van der Waals surface area contributed by atoms with E-state index in [1.807, 2.05) is 7.05 Å². The van der Waals surface area contributed by atoms with Gasteiger partial charge in [-0.2, -0.15) is 0 Å². The molecule has 0 aromatic carbocycles. The van der Waals surface area contributed by atoms with Crippen molar-refractivity contribution in [1.29, 1.82) is 0 Å². The SMILES string of the molecule is [CH2]C([CH2])COC(=O)CCC(CCCCCCCC)OC(=O)NCCN(C)CC. The van der Waals surface area contributed by atoms with E-state index in [-0.39, 0.29) is 31.0 Å². The number of ether oxygens (including phenoxy) is 2. The molecule has 0 aliphatic heterocycles. The highest BCUT2D eigenvalue weighted by Crippen LogP contribution is 2.15. The first-order valence-corrected chi connectivity index (χ1v) is 10.8. The molecule has 1 amide bonds. The van der Waals surface area contributed by atoms with Crippen LogP contribution >= 0.6 is 0 Å². The number of likely N-dealkylation sites (N-methyl/N-ethyl adjacent to an activating group) is 1. The van der Waals surface area contributed by atoms with Crippen LogP contribution in [0.15, 0.2) is 0 Å². The van der Waals surface area contributed by atoms with Gasteiger partial charge in [-0.1, -0.05) is 46.0 Å². The summed E-state index contributed by atoms with van der Waals surface area (Å²) in [7, 11) is 2.00. The Balaban J connectivity index is 4.29. The number of nitrogens with zero attached hydrogens (tertiary/aromatic N) is 1. The molecule has 1 atom stereocenters. The Kier molecular flexibility index (Phi) is 16.9. The van der Waals surface area contributed by atoms with E-state index in [9.17, 15) is 9.59 Å². The molecule has 0 spiro atoms. The quantitative estimate of drug-likeness (QED) is 0.291. The van der Waals surface area contributed by atoms with E-state index in [2.05, 4.69) is 37.9 Å². The number of amides is 1. The molecule has 0 aliphatic rings. The van der Waals surface area contributed by atoms with Gasteiger partial charge in [0.25, 0.3) is 0 Å². The second-order valence-corrected chi connectivity index (χ2v) is 7.49. The normalized spacial score (nSPS) is 12.2. The number of esters is 1. The van der Waals surface area contributed by atoms with Gasteiger partial charge in [-0.25, -0.2) is 4.79 Å². The minimum Gasteiger partial charge on any atom is -0.465 e. The number of unbranched alkanes of at least 4 members (excludes halogenated alkanes) is 5. The zero-order valence-electron chi connectivity index (χ0n) is 18.3. The van der Waals surface area contributed by atoms with Crippen molar-refractivity contribution in [2.24, 2.45) is 5.92 Å². The summed E-state index contributed by atoms with van der Waals surface area (Å²) < 4.78 is 10.7. The van der Waals surface area contributed by atoms with E-state index >= 15 is 0 Å². The predicted molar refractivity (Wildman–Crippen MR) is 114 cm³/mol. The molecule has 0 saturated heterocycles. The van der Waals surface area contributed by atoms with Crippen LogP contribution < -0.4 is 5.32 Å². The maximum Gasteiger partial charge on any atom is 0.407 e. The first kappa shape index (κ1) is 26.7. The lowest BCUT2D eigenvalue weighted by atomic mass is 10.0. The first-order valence-electron chi connectivity index (χ1n) is 10.8. The zero-order valence-corrected chi connectivity index (χ0v) is 18.3. The standard InChI is InChI=1S/C22H42N2O4/c1-6-8-9-10-11-12-13-20(14-15-21(25)27-18-19(3)4)28-22(26)23-16-17-24(5)7-2/h19-20H,3-4,6-18H2,1-2,5H3,(H,23,26). The van der Waals surface area contributed by atoms with E-state index < -0.39 is 6.09 Å². The predicted octanol–water partition coefficient (Wildman–Crippen LogP) is 4.39. The van der Waals surface area contributed by atoms with Crippen molar-refractivity contribution in [3.8, 4) is 0 Å². The number of hydrogen-bond donors (Lipinski definition) is 1. The fourth-order valence-corrected chi connectivity index (χ4v) is 2.68. The molecule has 0 heterocycles. The summed E-state index contributed by atoms with van der Waals surface area (Å²) in [6, 6.07) is 0. The number of carbonyl (C=O) groups excluding carboxylic acids is 2. The summed E-state index contributed by atoms with van der Waals surface area (Å²) >= 11 is 0. The highest BCUT2D eigenvalue weighted by molar-refractivity contribution is 5.69. The van der Waals surface area contributed by atoms with Gasteiger partial charge in [0.05, 0.1) is 6.61 Å². The van der Waals surface area contributed by atoms with Crippen LogP contribution in [0.4, 0.5) is 4.79 Å². The Bertz CT molecular complexity index is 402. The Morgan fingerprint density at radius 3 is 2.36 bits per heavy atom. The molecule has 0 rings (SSSR count). The lowest BCUT2D eigenvalue weighted by Crippen LogP contribution is -2.35. The minimum atomic E-state index is -0.413. The van der Waals surface area contributed by atoms with Gasteiger partial charge in [0, 0.05) is 19.5 Å². The largest absolute Gasteiger partial charge is 0.465 e. The van der Waals surface area contributed by atoms with Gasteiger partial charge in [-0.15, -0.1) is 0 Å². The van der Waals surface area contributed by atoms with Crippen LogP contribution in [0, 0.1) is 19.8 Å². The molecule has 0 aromatic heterocycles. The molecule has 6 heteroatoms. The van der Waals surface area contributed by atoms with Crippen LogP contribution in [0.3, 0.4) is 0 Å². The molecule has 1 N–H and O–H groups in total. The van der Waals surface area contributed by atoms with Crippen LogP contribution in [0.2, 0.25) is 0 Å². The Morgan fingerprint density at radius 1 is 1.04 bits per heavy atom. The van der Waals surface area contributed by atoms with E-state index in [0.717, 1.165) is 32.4 Å². The second-order valence-electron chi connectivity index (χ2n) is 7.49. The van der Waals surface area contributed by atoms with Crippen molar-refractivity contribution in [2.45, 2.75) is 77.7 Å². The molecule has 0 aromatic rings. The molecular formula is C22H42N2O4. The molecule has 0 fully saturated rings. The smallest absolute Gasteiger partial charge is 0.407 e. The fourth-order valence-electron chi connectivity index (χ4n) is 2.68.